The van der Waals surface area contributed by atoms with Crippen LogP contribution in [0, 0.1) is 17.1 Å². The van der Waals surface area contributed by atoms with Crippen molar-refractivity contribution in [2.45, 2.75) is 31.2 Å². The summed E-state index contributed by atoms with van der Waals surface area (Å²) < 4.78 is 26.8. The van der Waals surface area contributed by atoms with Gasteiger partial charge < -0.3 is 20.2 Å². The van der Waals surface area contributed by atoms with Crippen LogP contribution in [0.25, 0.3) is 11.1 Å². The second-order valence-corrected chi connectivity index (χ2v) is 9.82. The Morgan fingerprint density at radius 1 is 1.24 bits per heavy atom. The number of anilines is 1. The van der Waals surface area contributed by atoms with Crippen molar-refractivity contribution in [1.29, 1.82) is 5.26 Å². The Hall–Kier alpha value is -5.02. The molecule has 1 unspecified atom stereocenters. The van der Waals surface area contributed by atoms with E-state index in [9.17, 15) is 24.0 Å². The summed E-state index contributed by atoms with van der Waals surface area (Å²) >= 11 is 6.15. The maximum absolute atomic E-state index is 14.4. The lowest BCUT2D eigenvalue weighted by molar-refractivity contribution is -0.119. The van der Waals surface area contributed by atoms with Crippen molar-refractivity contribution >= 4 is 29.1 Å². The predicted molar refractivity (Wildman–Crippen MR) is 145 cm³/mol. The molecular weight excluding hydrogens is 555 g/mol. The first-order chi connectivity index (χ1) is 19.7. The third-order valence-electron chi connectivity index (χ3n) is 6.57. The Morgan fingerprint density at radius 2 is 2.02 bits per heavy atom. The Labute approximate surface area is 237 Å². The molecule has 0 bridgehead atoms. The zero-order valence-corrected chi connectivity index (χ0v) is 22.3. The summed E-state index contributed by atoms with van der Waals surface area (Å²) in [6, 6.07) is 10.1. The Morgan fingerprint density at radius 3 is 2.68 bits per heavy atom. The summed E-state index contributed by atoms with van der Waals surface area (Å²) in [7, 11) is 1.38. The van der Waals surface area contributed by atoms with Crippen molar-refractivity contribution in [2.24, 2.45) is 5.73 Å². The van der Waals surface area contributed by atoms with Gasteiger partial charge in [-0.25, -0.2) is 4.39 Å². The number of hydrogen-bond donors (Lipinski definition) is 2. The monoisotopic (exact) mass is 576 g/mol. The quantitative estimate of drug-likeness (QED) is 0.302. The third kappa shape index (κ3) is 5.80. The smallest absolute Gasteiger partial charge is 0.252 e. The first-order valence-corrected chi connectivity index (χ1v) is 12.8. The number of hydrogen-bond acceptors (Lipinski definition) is 8. The normalized spacial score (nSPS) is 13.3. The lowest BCUT2D eigenvalue weighted by Gasteiger charge is -2.20. The van der Waals surface area contributed by atoms with Gasteiger partial charge in [-0.05, 0) is 49.2 Å². The number of aromatic nitrogens is 3. The summed E-state index contributed by atoms with van der Waals surface area (Å²) in [6.07, 6.45) is 3.00. The maximum atomic E-state index is 14.4. The molecule has 1 saturated carbocycles. The number of amides is 2. The van der Waals surface area contributed by atoms with E-state index in [2.05, 4.69) is 21.6 Å². The number of nitrogens with one attached hydrogen (secondary N) is 1. The fraction of sp³-hybridized carbons (Fsp3) is 0.214. The molecule has 2 amide bonds. The van der Waals surface area contributed by atoms with E-state index in [0.717, 1.165) is 29.5 Å². The molecule has 5 rings (SSSR count). The van der Waals surface area contributed by atoms with Crippen LogP contribution in [-0.2, 0) is 11.2 Å². The summed E-state index contributed by atoms with van der Waals surface area (Å²) in [5, 5.41) is 20.6. The number of benzene rings is 2. The van der Waals surface area contributed by atoms with E-state index >= 15 is 0 Å². The molecule has 4 aromatic rings. The molecule has 208 valence electrons. The summed E-state index contributed by atoms with van der Waals surface area (Å²) in [5.41, 5.74) is 5.18. The molecule has 0 saturated heterocycles. The predicted octanol–water partition coefficient (Wildman–Crippen LogP) is 3.97. The van der Waals surface area contributed by atoms with Gasteiger partial charge in [-0.1, -0.05) is 11.6 Å². The van der Waals surface area contributed by atoms with E-state index in [1.807, 2.05) is 0 Å². The Kier molecular flexibility index (Phi) is 7.54. The molecule has 13 heteroatoms. The molecule has 1 aliphatic rings. The lowest BCUT2D eigenvalue weighted by Crippen LogP contribution is -2.34. The zero-order valence-electron chi connectivity index (χ0n) is 21.6. The van der Waals surface area contributed by atoms with E-state index in [1.54, 1.807) is 6.07 Å². The molecule has 0 spiro atoms. The van der Waals surface area contributed by atoms with Gasteiger partial charge in [0.1, 0.15) is 17.6 Å². The molecule has 1 fully saturated rings. The zero-order chi connectivity index (χ0) is 29.3. The van der Waals surface area contributed by atoms with Crippen molar-refractivity contribution < 1.29 is 23.1 Å². The number of ether oxygens (including phenoxy) is 1. The van der Waals surface area contributed by atoms with E-state index in [-0.39, 0.29) is 40.8 Å². The van der Waals surface area contributed by atoms with Gasteiger partial charge in [0.2, 0.25) is 17.7 Å². The number of nitrogens with two attached hydrogens (primary N) is 1. The lowest BCUT2D eigenvalue weighted by atomic mass is 10.00. The van der Waals surface area contributed by atoms with Crippen LogP contribution in [0.15, 0.2) is 57.9 Å². The number of methoxy groups -OCH3 is 1. The molecule has 41 heavy (non-hydrogen) atoms. The van der Waals surface area contributed by atoms with Gasteiger partial charge in [0.25, 0.3) is 11.5 Å². The molecule has 2 heterocycles. The van der Waals surface area contributed by atoms with Gasteiger partial charge in [-0.3, -0.25) is 19.0 Å². The summed E-state index contributed by atoms with van der Waals surface area (Å²) in [6.45, 7) is 0. The van der Waals surface area contributed by atoms with Crippen LogP contribution in [0.3, 0.4) is 0 Å². The number of halogens is 2. The highest BCUT2D eigenvalue weighted by molar-refractivity contribution is 6.31. The van der Waals surface area contributed by atoms with Crippen molar-refractivity contribution in [2.75, 3.05) is 12.4 Å². The second-order valence-electron chi connectivity index (χ2n) is 9.38. The molecule has 11 nitrogen and oxygen atoms in total. The highest BCUT2D eigenvalue weighted by atomic mass is 35.5. The number of carbonyl (C=O) groups excluding carboxylic acids is 2. The van der Waals surface area contributed by atoms with Gasteiger partial charge >= 0.3 is 0 Å². The fourth-order valence-corrected chi connectivity index (χ4v) is 4.50. The van der Waals surface area contributed by atoms with Crippen LogP contribution >= 0.6 is 11.6 Å². The van der Waals surface area contributed by atoms with E-state index in [0.29, 0.717) is 22.0 Å². The molecule has 2 aromatic carbocycles. The molecule has 2 aromatic heterocycles. The first-order valence-electron chi connectivity index (χ1n) is 12.4. The number of nitrogens with zero attached hydrogens (tertiary/aromatic N) is 4. The van der Waals surface area contributed by atoms with Crippen molar-refractivity contribution in [3.05, 3.63) is 92.8 Å². The Balaban J connectivity index is 1.56. The number of nitriles is 1. The van der Waals surface area contributed by atoms with Gasteiger partial charge in [0, 0.05) is 33.8 Å². The summed E-state index contributed by atoms with van der Waals surface area (Å²) in [4.78, 5) is 38.5. The third-order valence-corrected chi connectivity index (χ3v) is 6.81. The van der Waals surface area contributed by atoms with Crippen LogP contribution in [0.5, 0.6) is 5.75 Å². The van der Waals surface area contributed by atoms with Gasteiger partial charge in [-0.15, -0.1) is 10.2 Å². The molecule has 0 aliphatic heterocycles. The molecule has 3 N–H and O–H groups in total. The summed E-state index contributed by atoms with van der Waals surface area (Å²) in [5.74, 6) is -1.66. The average Bonchev–Trinajstić information content (AvgIpc) is 3.69. The van der Waals surface area contributed by atoms with Gasteiger partial charge in [0.05, 0.1) is 36.9 Å². The minimum Gasteiger partial charge on any atom is -0.495 e. The SMILES string of the molecule is COc1cn(C(Cc2nnc(C3CC3)o2)C(=O)Nc2ccc(C(N)=O)c(F)c2)c(=O)cc1-c1cc(Cl)ccc1C#N. The van der Waals surface area contributed by atoms with Gasteiger partial charge in [-0.2, -0.15) is 5.26 Å². The van der Waals surface area contributed by atoms with Gasteiger partial charge in [0.15, 0.2) is 0 Å². The average molecular weight is 577 g/mol. The minimum absolute atomic E-state index is 0.0286. The molecular formula is C28H22ClFN6O5. The van der Waals surface area contributed by atoms with Crippen molar-refractivity contribution in [1.82, 2.24) is 14.8 Å². The standard InChI is InChI=1S/C28H22ClFN6O5/c1-40-23-13-36(25(37)10-20(23)19-8-16(29)5-4-15(19)12-31)22(11-24-34-35-28(41-24)14-2-3-14)27(39)33-17-6-7-18(26(32)38)21(30)9-17/h4-10,13-14,22H,2-3,11H2,1H3,(H2,32,38)(H,33,39). The van der Waals surface area contributed by atoms with Crippen molar-refractivity contribution in [3.8, 4) is 22.9 Å². The van der Waals surface area contributed by atoms with E-state index < -0.39 is 29.2 Å². The molecule has 0 radical (unpaired) electrons. The topological polar surface area (TPSA) is 166 Å². The number of carbonyl (C=O) groups is 2. The fourth-order valence-electron chi connectivity index (χ4n) is 4.33. The van der Waals surface area contributed by atoms with Crippen LogP contribution in [0.2, 0.25) is 5.02 Å². The maximum Gasteiger partial charge on any atom is 0.252 e. The van der Waals surface area contributed by atoms with Crippen LogP contribution < -0.4 is 21.3 Å². The Bertz CT molecular complexity index is 1770. The van der Waals surface area contributed by atoms with E-state index in [4.69, 9.17) is 26.5 Å². The first kappa shape index (κ1) is 27.5. The highest BCUT2D eigenvalue weighted by Crippen LogP contribution is 2.39. The highest BCUT2D eigenvalue weighted by Gasteiger charge is 2.31. The second kappa shape index (κ2) is 11.2. The largest absolute Gasteiger partial charge is 0.495 e. The van der Waals surface area contributed by atoms with Crippen LogP contribution in [-0.4, -0.2) is 33.7 Å². The molecule has 1 aliphatic carbocycles. The number of primary amides is 1. The molecule has 1 atom stereocenters. The number of rotatable bonds is 9. The van der Waals surface area contributed by atoms with Crippen LogP contribution in [0.4, 0.5) is 10.1 Å². The minimum atomic E-state index is -1.24. The van der Waals surface area contributed by atoms with Crippen molar-refractivity contribution in [3.63, 3.8) is 0 Å². The van der Waals surface area contributed by atoms with Crippen LogP contribution in [0.1, 0.15) is 52.5 Å². The van der Waals surface area contributed by atoms with E-state index in [1.165, 1.54) is 37.6 Å². The number of pyridine rings is 1.